The zero-order valence-corrected chi connectivity index (χ0v) is 13.9. The Kier molecular flexibility index (Phi) is 5.64. The summed E-state index contributed by atoms with van der Waals surface area (Å²) in [6.45, 7) is 3.93. The molecule has 0 fully saturated rings. The molecular weight excluding hydrogens is 308 g/mol. The first-order valence-electron chi connectivity index (χ1n) is 8.03. The average molecular weight is 332 g/mol. The van der Waals surface area contributed by atoms with E-state index in [-0.39, 0.29) is 12.1 Å². The lowest BCUT2D eigenvalue weighted by atomic mass is 9.95. The van der Waals surface area contributed by atoms with Gasteiger partial charge < -0.3 is 26.0 Å². The van der Waals surface area contributed by atoms with E-state index < -0.39 is 11.8 Å². The molecule has 6 heteroatoms. The fourth-order valence-electron chi connectivity index (χ4n) is 2.61. The van der Waals surface area contributed by atoms with Crippen molar-refractivity contribution in [1.29, 1.82) is 0 Å². The van der Waals surface area contributed by atoms with E-state index in [1.54, 1.807) is 12.2 Å². The molecule has 1 aromatic rings. The van der Waals surface area contributed by atoms with Crippen molar-refractivity contribution in [2.45, 2.75) is 44.6 Å². The zero-order valence-electron chi connectivity index (χ0n) is 13.9. The van der Waals surface area contributed by atoms with Gasteiger partial charge in [-0.1, -0.05) is 38.1 Å². The van der Waals surface area contributed by atoms with Crippen LogP contribution in [0.5, 0.6) is 11.5 Å². The molecular formula is C18H24N2O4. The van der Waals surface area contributed by atoms with E-state index >= 15 is 0 Å². The van der Waals surface area contributed by atoms with Gasteiger partial charge in [-0.25, -0.2) is 4.79 Å². The quantitative estimate of drug-likeness (QED) is 0.522. The molecule has 0 saturated carbocycles. The molecule has 6 nitrogen and oxygen atoms in total. The predicted molar refractivity (Wildman–Crippen MR) is 92.8 cm³/mol. The molecule has 0 amide bonds. The van der Waals surface area contributed by atoms with Gasteiger partial charge in [0.25, 0.3) is 5.79 Å². The Morgan fingerprint density at radius 1 is 1.17 bits per heavy atom. The number of carboxylic acid groups (broad SMARTS) is 1. The van der Waals surface area contributed by atoms with Crippen LogP contribution in [0.2, 0.25) is 0 Å². The molecule has 0 bridgehead atoms. The number of nitrogens with two attached hydrogens (primary N) is 2. The lowest BCUT2D eigenvalue weighted by Crippen LogP contribution is -2.64. The van der Waals surface area contributed by atoms with Crippen LogP contribution in [0.15, 0.2) is 36.4 Å². The second-order valence-corrected chi connectivity index (χ2v) is 5.72. The first kappa shape index (κ1) is 18.0. The largest absolute Gasteiger partial charge is 0.478 e. The van der Waals surface area contributed by atoms with Gasteiger partial charge in [0.1, 0.15) is 0 Å². The highest BCUT2D eigenvalue weighted by atomic mass is 16.7. The van der Waals surface area contributed by atoms with E-state index in [2.05, 4.69) is 0 Å². The molecule has 130 valence electrons. The number of ether oxygens (including phenoxy) is 2. The molecule has 2 unspecified atom stereocenters. The van der Waals surface area contributed by atoms with E-state index in [4.69, 9.17) is 26.0 Å². The topological polar surface area (TPSA) is 108 Å². The second-order valence-electron chi connectivity index (χ2n) is 5.72. The predicted octanol–water partition coefficient (Wildman–Crippen LogP) is 2.28. The molecule has 0 radical (unpaired) electrons. The van der Waals surface area contributed by atoms with Crippen molar-refractivity contribution < 1.29 is 19.4 Å². The summed E-state index contributed by atoms with van der Waals surface area (Å²) < 4.78 is 12.1. The third-order valence-electron chi connectivity index (χ3n) is 4.06. The molecule has 24 heavy (non-hydrogen) atoms. The maximum atomic E-state index is 10.4. The molecule has 0 aliphatic carbocycles. The lowest BCUT2D eigenvalue weighted by Gasteiger charge is -2.37. The highest BCUT2D eigenvalue weighted by Crippen LogP contribution is 2.43. The van der Waals surface area contributed by atoms with Crippen molar-refractivity contribution >= 4 is 12.0 Å². The number of hydrogen-bond donors (Lipinski definition) is 3. The number of carboxylic acids is 1. The van der Waals surface area contributed by atoms with Gasteiger partial charge in [-0.2, -0.15) is 0 Å². The van der Waals surface area contributed by atoms with Crippen LogP contribution in [0, 0.1) is 0 Å². The summed E-state index contributed by atoms with van der Waals surface area (Å²) in [5, 5.41) is 8.56. The van der Waals surface area contributed by atoms with Gasteiger partial charge in [-0.15, -0.1) is 0 Å². The van der Waals surface area contributed by atoms with E-state index in [1.165, 1.54) is 6.08 Å². The van der Waals surface area contributed by atoms with Crippen molar-refractivity contribution in [2.24, 2.45) is 11.5 Å². The second kappa shape index (κ2) is 7.51. The van der Waals surface area contributed by atoms with Gasteiger partial charge in [-0.3, -0.25) is 0 Å². The molecule has 1 aliphatic heterocycles. The number of benzene rings is 1. The molecule has 1 aromatic carbocycles. The van der Waals surface area contributed by atoms with Crippen LogP contribution in [0.25, 0.3) is 6.08 Å². The average Bonchev–Trinajstić information content (AvgIpc) is 2.97. The van der Waals surface area contributed by atoms with Gasteiger partial charge in [0.05, 0.1) is 12.1 Å². The molecule has 1 heterocycles. The summed E-state index contributed by atoms with van der Waals surface area (Å²) in [6, 6.07) is 4.79. The van der Waals surface area contributed by atoms with Crippen LogP contribution in [-0.4, -0.2) is 28.9 Å². The minimum atomic E-state index is -1.06. The van der Waals surface area contributed by atoms with Crippen LogP contribution in [0.3, 0.4) is 0 Å². The molecule has 0 spiro atoms. The fraction of sp³-hybridized carbons (Fsp3) is 0.389. The molecule has 1 aliphatic rings. The number of carbonyl (C=O) groups is 1. The SMILES string of the molecule is CCC(N)C1(C(N)CC)Oc2ccc(C=CC=CC(=O)O)cc2O1. The van der Waals surface area contributed by atoms with Gasteiger partial charge in [0.2, 0.25) is 0 Å². The van der Waals surface area contributed by atoms with E-state index in [9.17, 15) is 4.79 Å². The molecule has 0 aromatic heterocycles. The minimum absolute atomic E-state index is 0.350. The van der Waals surface area contributed by atoms with Crippen LogP contribution >= 0.6 is 0 Å². The Morgan fingerprint density at radius 2 is 1.79 bits per heavy atom. The zero-order chi connectivity index (χ0) is 17.7. The summed E-state index contributed by atoms with van der Waals surface area (Å²) in [7, 11) is 0. The normalized spacial score (nSPS) is 22.2. The lowest BCUT2D eigenvalue weighted by molar-refractivity contribution is -0.131. The van der Waals surface area contributed by atoms with Gasteiger partial charge in [0.15, 0.2) is 11.5 Å². The highest BCUT2D eigenvalue weighted by molar-refractivity contribution is 5.80. The molecule has 2 atom stereocenters. The van der Waals surface area contributed by atoms with Crippen LogP contribution in [-0.2, 0) is 4.79 Å². The summed E-state index contributed by atoms with van der Waals surface area (Å²) >= 11 is 0. The van der Waals surface area contributed by atoms with E-state index in [0.29, 0.717) is 24.3 Å². The minimum Gasteiger partial charge on any atom is -0.478 e. The number of fused-ring (bicyclic) bond motifs is 1. The Hall–Kier alpha value is -2.31. The van der Waals surface area contributed by atoms with Crippen molar-refractivity contribution in [3.63, 3.8) is 0 Å². The Bertz CT molecular complexity index is 644. The van der Waals surface area contributed by atoms with E-state index in [0.717, 1.165) is 11.6 Å². The number of hydrogen-bond acceptors (Lipinski definition) is 5. The van der Waals surface area contributed by atoms with Gasteiger partial charge >= 0.3 is 5.97 Å². The first-order chi connectivity index (χ1) is 11.4. The maximum Gasteiger partial charge on any atom is 0.328 e. The summed E-state index contributed by atoms with van der Waals surface area (Å²) in [6.07, 6.45) is 7.30. The Morgan fingerprint density at radius 3 is 2.38 bits per heavy atom. The van der Waals surface area contributed by atoms with Crippen molar-refractivity contribution in [1.82, 2.24) is 0 Å². The molecule has 5 N–H and O–H groups in total. The maximum absolute atomic E-state index is 10.4. The summed E-state index contributed by atoms with van der Waals surface area (Å²) in [5.41, 5.74) is 13.3. The number of rotatable bonds is 7. The monoisotopic (exact) mass is 332 g/mol. The molecule has 0 saturated heterocycles. The van der Waals surface area contributed by atoms with Gasteiger partial charge in [-0.05, 0) is 30.5 Å². The van der Waals surface area contributed by atoms with Crippen molar-refractivity contribution in [3.05, 3.63) is 42.0 Å². The summed E-state index contributed by atoms with van der Waals surface area (Å²) in [5.74, 6) is -0.845. The third kappa shape index (κ3) is 3.60. The van der Waals surface area contributed by atoms with Crippen molar-refractivity contribution in [3.8, 4) is 11.5 Å². The standard InChI is InChI=1S/C18H24N2O4/c1-3-15(19)18(16(20)4-2)23-13-10-9-12(11-14(13)24-18)7-5-6-8-17(21)22/h5-11,15-16H,3-4,19-20H2,1-2H3,(H,21,22). The van der Waals surface area contributed by atoms with E-state index in [1.807, 2.05) is 32.0 Å². The van der Waals surface area contributed by atoms with Gasteiger partial charge in [0, 0.05) is 6.08 Å². The fourth-order valence-corrected chi connectivity index (χ4v) is 2.61. The van der Waals surface area contributed by atoms with Crippen LogP contribution in [0.4, 0.5) is 0 Å². The third-order valence-corrected chi connectivity index (χ3v) is 4.06. The smallest absolute Gasteiger partial charge is 0.328 e. The van der Waals surface area contributed by atoms with Crippen LogP contribution < -0.4 is 20.9 Å². The molecule has 2 rings (SSSR count). The summed E-state index contributed by atoms with van der Waals surface area (Å²) in [4.78, 5) is 10.4. The highest BCUT2D eigenvalue weighted by Gasteiger charge is 2.50. The Labute approximate surface area is 141 Å². The number of allylic oxidation sites excluding steroid dienone is 2. The Balaban J connectivity index is 2.24. The van der Waals surface area contributed by atoms with Crippen molar-refractivity contribution in [2.75, 3.05) is 0 Å². The number of aliphatic carboxylic acids is 1. The first-order valence-corrected chi connectivity index (χ1v) is 8.03. The van der Waals surface area contributed by atoms with Crippen LogP contribution in [0.1, 0.15) is 32.3 Å².